The van der Waals surface area contributed by atoms with Gasteiger partial charge in [0.2, 0.25) is 0 Å². The Morgan fingerprint density at radius 3 is 2.72 bits per heavy atom. The number of aromatic nitrogens is 3. The van der Waals surface area contributed by atoms with Gasteiger partial charge in [0.15, 0.2) is 12.1 Å². The molecule has 11 heteroatoms. The highest BCUT2D eigenvalue weighted by atomic mass is 19.1. The van der Waals surface area contributed by atoms with E-state index in [9.17, 15) is 23.5 Å². The molecule has 0 aromatic carbocycles. The molecule has 0 amide bonds. The maximum atomic E-state index is 14.4. The second-order valence-corrected chi connectivity index (χ2v) is 9.53. The summed E-state index contributed by atoms with van der Waals surface area (Å²) in [6, 6.07) is 2.92. The summed E-state index contributed by atoms with van der Waals surface area (Å²) < 4.78 is 34.7. The lowest BCUT2D eigenvalue weighted by Gasteiger charge is -2.35. The summed E-state index contributed by atoms with van der Waals surface area (Å²) in [6.07, 6.45) is 6.95. The largest absolute Gasteiger partial charge is 0.492 e. The summed E-state index contributed by atoms with van der Waals surface area (Å²) in [4.78, 5) is 32.2. The Balaban J connectivity index is 0.000000186. The molecule has 1 atom stereocenters. The van der Waals surface area contributed by atoms with Crippen LogP contribution in [-0.2, 0) is 18.6 Å². The molecule has 0 bridgehead atoms. The number of ether oxygens (including phenoxy) is 1. The number of aldehydes is 1. The van der Waals surface area contributed by atoms with Gasteiger partial charge in [0.1, 0.15) is 22.9 Å². The van der Waals surface area contributed by atoms with Crippen molar-refractivity contribution in [1.29, 1.82) is 0 Å². The normalized spacial score (nSPS) is 21.4. The monoisotopic (exact) mass is 499 g/mol. The van der Waals surface area contributed by atoms with Gasteiger partial charge in [0.25, 0.3) is 5.56 Å². The van der Waals surface area contributed by atoms with Crippen molar-refractivity contribution in [2.75, 3.05) is 26.2 Å². The molecule has 3 aromatic heterocycles. The highest BCUT2D eigenvalue weighted by Crippen LogP contribution is 2.38. The third kappa shape index (κ3) is 4.49. The molecular formula is C25H27F2N5O4. The molecule has 1 fully saturated rings. The molecule has 3 aliphatic heterocycles. The number of hydrogen-bond donors (Lipinski definition) is 2. The minimum Gasteiger partial charge on any atom is -0.492 e. The zero-order valence-corrected chi connectivity index (χ0v) is 19.6. The molecule has 0 aliphatic carbocycles. The number of hydrogen-bond acceptors (Lipinski definition) is 8. The van der Waals surface area contributed by atoms with Crippen LogP contribution in [-0.4, -0.2) is 63.1 Å². The Labute approximate surface area is 205 Å². The molecule has 0 radical (unpaired) electrons. The number of likely N-dealkylation sites (tertiary alicyclic amines) is 1. The Morgan fingerprint density at radius 1 is 1.19 bits per heavy atom. The van der Waals surface area contributed by atoms with Crippen molar-refractivity contribution in [3.63, 3.8) is 0 Å². The van der Waals surface area contributed by atoms with Crippen LogP contribution in [0, 0.1) is 11.6 Å². The van der Waals surface area contributed by atoms with Crippen molar-refractivity contribution in [3.05, 3.63) is 63.3 Å². The average molecular weight is 500 g/mol. The number of rotatable bonds is 3. The zero-order valence-electron chi connectivity index (χ0n) is 19.6. The van der Waals surface area contributed by atoms with Gasteiger partial charge in [0.05, 0.1) is 42.1 Å². The van der Waals surface area contributed by atoms with Gasteiger partial charge in [-0.25, -0.2) is 13.8 Å². The number of fused-ring (bicyclic) bond motifs is 1. The van der Waals surface area contributed by atoms with Crippen molar-refractivity contribution in [2.24, 2.45) is 5.73 Å². The summed E-state index contributed by atoms with van der Waals surface area (Å²) in [7, 11) is 0. The fourth-order valence-electron chi connectivity index (χ4n) is 5.17. The van der Waals surface area contributed by atoms with Crippen LogP contribution < -0.4 is 16.0 Å². The van der Waals surface area contributed by atoms with Crippen molar-refractivity contribution in [1.82, 2.24) is 19.4 Å². The van der Waals surface area contributed by atoms with Gasteiger partial charge in [-0.1, -0.05) is 0 Å². The summed E-state index contributed by atoms with van der Waals surface area (Å²) in [5, 5.41) is 11.1. The second-order valence-electron chi connectivity index (χ2n) is 9.53. The summed E-state index contributed by atoms with van der Waals surface area (Å²) >= 11 is 0. The molecule has 3 N–H and O–H groups in total. The first-order valence-electron chi connectivity index (χ1n) is 11.9. The number of carbonyl (C=O) groups excluding carboxylic acids is 1. The Bertz CT molecular complexity index is 1370. The van der Waals surface area contributed by atoms with Gasteiger partial charge in [-0.15, -0.1) is 0 Å². The molecule has 0 saturated carbocycles. The number of nitrogens with two attached hydrogens (primary N) is 1. The highest BCUT2D eigenvalue weighted by Gasteiger charge is 2.43. The van der Waals surface area contributed by atoms with Crippen molar-refractivity contribution >= 4 is 17.3 Å². The minimum atomic E-state index is -1.59. The third-order valence-corrected chi connectivity index (χ3v) is 6.96. The predicted octanol–water partition coefficient (Wildman–Crippen LogP) is 1.52. The van der Waals surface area contributed by atoms with Gasteiger partial charge < -0.3 is 20.1 Å². The van der Waals surface area contributed by atoms with Crippen molar-refractivity contribution in [3.8, 4) is 5.75 Å². The number of carbonyl (C=O) groups is 1. The molecule has 6 heterocycles. The van der Waals surface area contributed by atoms with Crippen LogP contribution in [0.4, 0.5) is 8.78 Å². The maximum Gasteiger partial charge on any atom is 0.287 e. The van der Waals surface area contributed by atoms with E-state index in [0.29, 0.717) is 18.8 Å². The van der Waals surface area contributed by atoms with E-state index in [1.54, 1.807) is 12.3 Å². The minimum absolute atomic E-state index is 0.0273. The number of halogens is 2. The molecule has 0 spiro atoms. The van der Waals surface area contributed by atoms with E-state index in [2.05, 4.69) is 9.97 Å². The fourth-order valence-corrected chi connectivity index (χ4v) is 5.17. The average Bonchev–Trinajstić information content (AvgIpc) is 3.20. The molecule has 9 nitrogen and oxygen atoms in total. The molecule has 0 unspecified atom stereocenters. The van der Waals surface area contributed by atoms with Crippen molar-refractivity contribution in [2.45, 2.75) is 43.9 Å². The highest BCUT2D eigenvalue weighted by molar-refractivity contribution is 5.81. The van der Waals surface area contributed by atoms with Crippen LogP contribution in [0.25, 0.3) is 11.0 Å². The van der Waals surface area contributed by atoms with Gasteiger partial charge in [-0.05, 0) is 50.4 Å². The first-order valence-corrected chi connectivity index (χ1v) is 11.9. The Hall–Kier alpha value is -3.28. The lowest BCUT2D eigenvalue weighted by Crippen LogP contribution is -2.47. The maximum absolute atomic E-state index is 14.4. The van der Waals surface area contributed by atoms with Crippen LogP contribution in [0.3, 0.4) is 0 Å². The Morgan fingerprint density at radius 2 is 1.97 bits per heavy atom. The SMILES string of the molecule is NC1CCN(C[C@]2(O)Cn3c(=O)c(F)cc4ncc(F)c2c43)CC1.O=Cc1cc2c(cn1)OCCC2. The molecule has 190 valence electrons. The van der Waals surface area contributed by atoms with E-state index in [0.717, 1.165) is 66.7 Å². The van der Waals surface area contributed by atoms with Crippen LogP contribution in [0.1, 0.15) is 40.9 Å². The smallest absolute Gasteiger partial charge is 0.287 e. The zero-order chi connectivity index (χ0) is 25.4. The molecular weight excluding hydrogens is 472 g/mol. The number of nitrogens with zero attached hydrogens (tertiary/aromatic N) is 4. The molecule has 3 aliphatic rings. The standard InChI is InChI=1S/C16H18F2N4O2.C9H9NO2/c17-10-5-12-14-13(11(18)6-20-12)16(24,8-22(14)15(10)23)7-21-3-1-9(19)2-4-21;11-6-8-4-7-2-1-3-12-9(7)5-10-8/h5-6,9,24H,1-4,7-8,19H2;4-6H,1-3H2/t16-;/m0./s1. The number of aryl methyl sites for hydroxylation is 1. The number of piperidine rings is 1. The first-order chi connectivity index (χ1) is 17.3. The summed E-state index contributed by atoms with van der Waals surface area (Å²) in [5.74, 6) is -0.816. The van der Waals surface area contributed by atoms with E-state index >= 15 is 0 Å². The molecule has 6 rings (SSSR count). The topological polar surface area (TPSA) is 124 Å². The number of aliphatic hydroxyl groups is 1. The van der Waals surface area contributed by atoms with Gasteiger partial charge in [-0.3, -0.25) is 19.5 Å². The second kappa shape index (κ2) is 9.64. The lowest BCUT2D eigenvalue weighted by atomic mass is 9.93. The van der Waals surface area contributed by atoms with Crippen LogP contribution >= 0.6 is 0 Å². The van der Waals surface area contributed by atoms with Crippen LogP contribution in [0.15, 0.2) is 29.3 Å². The molecule has 1 saturated heterocycles. The summed E-state index contributed by atoms with van der Waals surface area (Å²) in [5.41, 5.74) is 5.38. The Kier molecular flexibility index (Phi) is 6.54. The first kappa shape index (κ1) is 24.4. The van der Waals surface area contributed by atoms with Crippen LogP contribution in [0.5, 0.6) is 5.75 Å². The summed E-state index contributed by atoms with van der Waals surface area (Å²) in [6.45, 7) is 2.13. The fraction of sp³-hybridized carbons (Fsp3) is 0.440. The van der Waals surface area contributed by atoms with Crippen LogP contribution in [0.2, 0.25) is 0 Å². The van der Waals surface area contributed by atoms with E-state index in [4.69, 9.17) is 10.5 Å². The third-order valence-electron chi connectivity index (χ3n) is 6.96. The number of β-amino-alcohol motifs (C(OH)–C–C–N with tert-alkyl or cyclic N) is 1. The van der Waals surface area contributed by atoms with E-state index in [1.807, 2.05) is 4.90 Å². The van der Waals surface area contributed by atoms with Crippen molar-refractivity contribution < 1.29 is 23.4 Å². The lowest BCUT2D eigenvalue weighted by molar-refractivity contribution is -0.0151. The van der Waals surface area contributed by atoms with Gasteiger partial charge in [-0.2, -0.15) is 0 Å². The van der Waals surface area contributed by atoms with E-state index in [-0.39, 0.29) is 35.7 Å². The molecule has 36 heavy (non-hydrogen) atoms. The predicted molar refractivity (Wildman–Crippen MR) is 127 cm³/mol. The van der Waals surface area contributed by atoms with Gasteiger partial charge >= 0.3 is 0 Å². The molecule has 3 aromatic rings. The quantitative estimate of drug-likeness (QED) is 0.520. The van der Waals surface area contributed by atoms with Gasteiger partial charge in [0, 0.05) is 18.7 Å². The van der Waals surface area contributed by atoms with E-state index in [1.165, 1.54) is 0 Å². The van der Waals surface area contributed by atoms with E-state index < -0.39 is 22.8 Å². The number of pyridine rings is 3.